The number of benzene rings is 2. The van der Waals surface area contributed by atoms with E-state index in [0.29, 0.717) is 35.0 Å². The number of hydrogen-bond acceptors (Lipinski definition) is 5. The van der Waals surface area contributed by atoms with Gasteiger partial charge in [0.15, 0.2) is 6.61 Å². The minimum atomic E-state index is -0.238. The summed E-state index contributed by atoms with van der Waals surface area (Å²) < 4.78 is 11.7. The molecule has 0 aliphatic carbocycles. The number of rotatable bonds is 4. The summed E-state index contributed by atoms with van der Waals surface area (Å²) in [6.45, 7) is 3.93. The van der Waals surface area contributed by atoms with Gasteiger partial charge in [-0.05, 0) is 56.3 Å². The van der Waals surface area contributed by atoms with E-state index in [2.05, 4.69) is 26.4 Å². The summed E-state index contributed by atoms with van der Waals surface area (Å²) >= 11 is 3.35. The number of nitrogens with zero attached hydrogens (tertiary/aromatic N) is 2. The quantitative estimate of drug-likeness (QED) is 0.635. The molecule has 4 rings (SSSR count). The maximum absolute atomic E-state index is 12.6. The van der Waals surface area contributed by atoms with Crippen LogP contribution >= 0.6 is 15.9 Å². The highest BCUT2D eigenvalue weighted by Crippen LogP contribution is 2.36. The smallest absolute Gasteiger partial charge is 0.265 e. The van der Waals surface area contributed by atoms with Gasteiger partial charge in [0, 0.05) is 21.3 Å². The number of hydrogen-bond donors (Lipinski definition) is 1. The highest BCUT2D eigenvalue weighted by atomic mass is 79.9. The number of carbonyl (C=O) groups excluding carboxylic acids is 2. The van der Waals surface area contributed by atoms with Crippen LogP contribution in [-0.2, 0) is 11.3 Å². The zero-order chi connectivity index (χ0) is 20.5. The second kappa shape index (κ2) is 7.71. The lowest BCUT2D eigenvalue weighted by Crippen LogP contribution is -2.38. The van der Waals surface area contributed by atoms with Crippen molar-refractivity contribution in [1.29, 1.82) is 0 Å². The van der Waals surface area contributed by atoms with Gasteiger partial charge in [-0.1, -0.05) is 21.1 Å². The average molecular weight is 456 g/mol. The molecule has 1 aromatic heterocycles. The number of halogens is 1. The van der Waals surface area contributed by atoms with Gasteiger partial charge in [0.25, 0.3) is 11.8 Å². The van der Waals surface area contributed by atoms with E-state index in [1.807, 2.05) is 13.8 Å². The van der Waals surface area contributed by atoms with E-state index >= 15 is 0 Å². The van der Waals surface area contributed by atoms with Crippen LogP contribution in [0.4, 0.5) is 11.4 Å². The van der Waals surface area contributed by atoms with E-state index in [9.17, 15) is 9.59 Å². The largest absolute Gasteiger partial charge is 0.482 e. The Bertz CT molecular complexity index is 1070. The van der Waals surface area contributed by atoms with Crippen LogP contribution in [0, 0.1) is 13.8 Å². The van der Waals surface area contributed by atoms with Crippen molar-refractivity contribution in [3.63, 3.8) is 0 Å². The number of amides is 2. The highest BCUT2D eigenvalue weighted by molar-refractivity contribution is 9.10. The van der Waals surface area contributed by atoms with Gasteiger partial charge in [-0.2, -0.15) is 0 Å². The molecule has 0 saturated carbocycles. The number of nitrogens with one attached hydrogen (secondary N) is 1. The molecule has 8 heteroatoms. The average Bonchev–Trinajstić information content (AvgIpc) is 3.02. The maximum Gasteiger partial charge on any atom is 0.265 e. The third kappa shape index (κ3) is 3.88. The number of aryl methyl sites for hydroxylation is 2. The Kier molecular flexibility index (Phi) is 5.10. The highest BCUT2D eigenvalue weighted by Gasteiger charge is 2.28. The minimum absolute atomic E-state index is 0.0407. The molecular weight excluding hydrogens is 438 g/mol. The first-order chi connectivity index (χ1) is 13.9. The Morgan fingerprint density at radius 2 is 1.97 bits per heavy atom. The summed E-state index contributed by atoms with van der Waals surface area (Å²) in [5.41, 5.74) is 3.29. The predicted molar refractivity (Wildman–Crippen MR) is 111 cm³/mol. The Morgan fingerprint density at radius 1 is 1.21 bits per heavy atom. The molecule has 1 aliphatic heterocycles. The molecule has 29 heavy (non-hydrogen) atoms. The predicted octanol–water partition coefficient (Wildman–Crippen LogP) is 4.23. The summed E-state index contributed by atoms with van der Waals surface area (Å²) in [6.07, 6.45) is 0. The molecule has 1 N–H and O–H groups in total. The molecule has 1 aliphatic rings. The number of ether oxygens (including phenoxy) is 1. The first kappa shape index (κ1) is 19.2. The van der Waals surface area contributed by atoms with Gasteiger partial charge in [0.1, 0.15) is 11.5 Å². The van der Waals surface area contributed by atoms with Crippen molar-refractivity contribution >= 4 is 39.1 Å². The first-order valence-corrected chi connectivity index (χ1v) is 9.77. The summed E-state index contributed by atoms with van der Waals surface area (Å²) in [6, 6.07) is 12.3. The Balaban J connectivity index is 1.62. The Hall–Kier alpha value is -3.13. The van der Waals surface area contributed by atoms with Crippen molar-refractivity contribution in [2.24, 2.45) is 0 Å². The lowest BCUT2D eigenvalue weighted by Gasteiger charge is -2.29. The first-order valence-electron chi connectivity index (χ1n) is 8.98. The molecule has 148 valence electrons. The summed E-state index contributed by atoms with van der Waals surface area (Å²) in [5, 5.41) is 6.82. The number of carbonyl (C=O) groups is 2. The lowest BCUT2D eigenvalue weighted by molar-refractivity contribution is -0.121. The van der Waals surface area contributed by atoms with Crippen molar-refractivity contribution in [3.05, 3.63) is 69.5 Å². The molecule has 0 bridgehead atoms. The number of fused-ring (bicyclic) bond motifs is 1. The van der Waals surface area contributed by atoms with Gasteiger partial charge < -0.3 is 19.5 Å². The van der Waals surface area contributed by atoms with Crippen LogP contribution in [0.2, 0.25) is 0 Å². The molecular formula is C21H18BrN3O4. The molecule has 0 spiro atoms. The molecule has 2 aromatic carbocycles. The van der Waals surface area contributed by atoms with Gasteiger partial charge in [0.05, 0.1) is 17.9 Å². The van der Waals surface area contributed by atoms with Crippen LogP contribution in [0.15, 0.2) is 51.5 Å². The van der Waals surface area contributed by atoms with E-state index in [0.717, 1.165) is 15.7 Å². The van der Waals surface area contributed by atoms with E-state index in [4.69, 9.17) is 9.26 Å². The summed E-state index contributed by atoms with van der Waals surface area (Å²) in [4.78, 5) is 26.7. The lowest BCUT2D eigenvalue weighted by atomic mass is 10.1. The van der Waals surface area contributed by atoms with E-state index in [-0.39, 0.29) is 18.4 Å². The van der Waals surface area contributed by atoms with Crippen LogP contribution < -0.4 is 15.0 Å². The van der Waals surface area contributed by atoms with Crippen LogP contribution in [0.5, 0.6) is 5.75 Å². The van der Waals surface area contributed by atoms with E-state index < -0.39 is 0 Å². The normalized spacial score (nSPS) is 13.1. The fourth-order valence-electron chi connectivity index (χ4n) is 3.14. The van der Waals surface area contributed by atoms with Gasteiger partial charge in [0.2, 0.25) is 0 Å². The van der Waals surface area contributed by atoms with Crippen LogP contribution in [0.25, 0.3) is 0 Å². The van der Waals surface area contributed by atoms with Crippen LogP contribution in [0.1, 0.15) is 27.4 Å². The Morgan fingerprint density at radius 3 is 2.66 bits per heavy atom. The Labute approximate surface area is 175 Å². The molecule has 2 amide bonds. The fourth-order valence-corrected chi connectivity index (χ4v) is 3.41. The third-order valence-corrected chi connectivity index (χ3v) is 5.29. The standard InChI is InChI=1S/C21H18BrN3O4/c1-12-17(13(2)29-24-12)10-25-18-9-16(7-8-19(18)28-11-20(25)26)23-21(27)14-3-5-15(22)6-4-14/h3-9H,10-11H2,1-2H3,(H,23,27). The van der Waals surface area contributed by atoms with Crippen LogP contribution in [0.3, 0.4) is 0 Å². The molecule has 2 heterocycles. The molecule has 0 unspecified atom stereocenters. The van der Waals surface area contributed by atoms with Gasteiger partial charge in [-0.15, -0.1) is 0 Å². The molecule has 0 fully saturated rings. The summed E-state index contributed by atoms with van der Waals surface area (Å²) in [5.74, 6) is 0.840. The van der Waals surface area contributed by atoms with E-state index in [1.54, 1.807) is 47.4 Å². The topological polar surface area (TPSA) is 84.7 Å². The van der Waals surface area contributed by atoms with Gasteiger partial charge in [-0.3, -0.25) is 9.59 Å². The molecule has 7 nitrogen and oxygen atoms in total. The molecule has 3 aromatic rings. The number of aromatic nitrogens is 1. The third-order valence-electron chi connectivity index (χ3n) is 4.76. The zero-order valence-electron chi connectivity index (χ0n) is 15.9. The van der Waals surface area contributed by atoms with Crippen molar-refractivity contribution in [1.82, 2.24) is 5.16 Å². The van der Waals surface area contributed by atoms with Crippen molar-refractivity contribution in [3.8, 4) is 5.75 Å². The maximum atomic E-state index is 12.6. The van der Waals surface area contributed by atoms with Crippen molar-refractivity contribution < 1.29 is 18.8 Å². The minimum Gasteiger partial charge on any atom is -0.482 e. The zero-order valence-corrected chi connectivity index (χ0v) is 17.4. The SMILES string of the molecule is Cc1noc(C)c1CN1C(=O)COc2ccc(NC(=O)c3ccc(Br)cc3)cc21. The second-order valence-electron chi connectivity index (χ2n) is 6.71. The van der Waals surface area contributed by atoms with Crippen LogP contribution in [-0.4, -0.2) is 23.6 Å². The van der Waals surface area contributed by atoms with E-state index in [1.165, 1.54) is 0 Å². The molecule has 0 saturated heterocycles. The second-order valence-corrected chi connectivity index (χ2v) is 7.63. The van der Waals surface area contributed by atoms with Crippen molar-refractivity contribution in [2.45, 2.75) is 20.4 Å². The summed E-state index contributed by atoms with van der Waals surface area (Å²) in [7, 11) is 0. The van der Waals surface area contributed by atoms with Gasteiger partial charge in [-0.25, -0.2) is 0 Å². The molecule has 0 atom stereocenters. The molecule has 0 radical (unpaired) electrons. The van der Waals surface area contributed by atoms with Gasteiger partial charge >= 0.3 is 0 Å². The monoisotopic (exact) mass is 455 g/mol. The van der Waals surface area contributed by atoms with Crippen molar-refractivity contribution in [2.75, 3.05) is 16.8 Å². The number of anilines is 2. The fraction of sp³-hybridized carbons (Fsp3) is 0.190.